The molecule has 3 heteroatoms. The molecule has 1 atom stereocenters. The van der Waals surface area contributed by atoms with Crippen LogP contribution in [0, 0.1) is 25.5 Å². The smallest absolute Gasteiger partial charge is 0.129 e. The van der Waals surface area contributed by atoms with Crippen molar-refractivity contribution in [3.63, 3.8) is 0 Å². The van der Waals surface area contributed by atoms with E-state index in [1.165, 1.54) is 0 Å². The van der Waals surface area contributed by atoms with E-state index in [1.807, 2.05) is 19.9 Å². The minimum absolute atomic E-state index is 0.0382. The van der Waals surface area contributed by atoms with Gasteiger partial charge in [-0.25, -0.2) is 8.78 Å². The molecule has 0 saturated carbocycles. The summed E-state index contributed by atoms with van der Waals surface area (Å²) in [5.41, 5.74) is 2.44. The molecule has 0 radical (unpaired) electrons. The highest BCUT2D eigenvalue weighted by atomic mass is 19.1. The Hall–Kier alpha value is -1.74. The van der Waals surface area contributed by atoms with Gasteiger partial charge in [0.25, 0.3) is 0 Å². The van der Waals surface area contributed by atoms with Crippen molar-refractivity contribution in [2.24, 2.45) is 0 Å². The van der Waals surface area contributed by atoms with Gasteiger partial charge < -0.3 is 5.11 Å². The molecule has 1 unspecified atom stereocenters. The van der Waals surface area contributed by atoms with Crippen molar-refractivity contribution in [1.82, 2.24) is 0 Å². The summed E-state index contributed by atoms with van der Waals surface area (Å²) in [6.07, 6.45) is -1.15. The summed E-state index contributed by atoms with van der Waals surface area (Å²) in [5, 5.41) is 10.2. The molecule has 2 aromatic carbocycles. The summed E-state index contributed by atoms with van der Waals surface area (Å²) in [6, 6.07) is 8.51. The van der Waals surface area contributed by atoms with Crippen LogP contribution in [0.15, 0.2) is 36.4 Å². The molecule has 2 aromatic rings. The zero-order valence-electron chi connectivity index (χ0n) is 10.2. The van der Waals surface area contributed by atoms with Gasteiger partial charge in [0.1, 0.15) is 17.7 Å². The first kappa shape index (κ1) is 12.7. The summed E-state index contributed by atoms with van der Waals surface area (Å²) in [5.74, 6) is -1.17. The third-order valence-electron chi connectivity index (χ3n) is 3.19. The van der Waals surface area contributed by atoms with Crippen LogP contribution in [0.3, 0.4) is 0 Å². The van der Waals surface area contributed by atoms with Crippen molar-refractivity contribution < 1.29 is 13.9 Å². The fourth-order valence-corrected chi connectivity index (χ4v) is 1.96. The van der Waals surface area contributed by atoms with Gasteiger partial charge in [0.15, 0.2) is 0 Å². The van der Waals surface area contributed by atoms with Crippen LogP contribution in [0.2, 0.25) is 0 Å². The number of rotatable bonds is 2. The van der Waals surface area contributed by atoms with E-state index in [9.17, 15) is 13.9 Å². The maximum Gasteiger partial charge on any atom is 0.129 e. The summed E-state index contributed by atoms with van der Waals surface area (Å²) in [6.45, 7) is 3.76. The Morgan fingerprint density at radius 1 is 1.00 bits per heavy atom. The second-order valence-electron chi connectivity index (χ2n) is 4.36. The minimum Gasteiger partial charge on any atom is -0.384 e. The second kappa shape index (κ2) is 4.86. The first-order chi connectivity index (χ1) is 8.50. The highest BCUT2D eigenvalue weighted by Crippen LogP contribution is 2.28. The maximum atomic E-state index is 13.6. The lowest BCUT2D eigenvalue weighted by Gasteiger charge is -2.16. The number of benzene rings is 2. The van der Waals surface area contributed by atoms with Crippen LogP contribution in [0.25, 0.3) is 0 Å². The number of hydrogen-bond donors (Lipinski definition) is 1. The van der Waals surface area contributed by atoms with E-state index < -0.39 is 17.7 Å². The molecule has 0 fully saturated rings. The Morgan fingerprint density at radius 3 is 2.44 bits per heavy atom. The van der Waals surface area contributed by atoms with Crippen molar-refractivity contribution in [1.29, 1.82) is 0 Å². The summed E-state index contributed by atoms with van der Waals surface area (Å²) in [4.78, 5) is 0. The molecule has 1 nitrogen and oxygen atoms in total. The van der Waals surface area contributed by atoms with Gasteiger partial charge in [-0.15, -0.1) is 0 Å². The Morgan fingerprint density at radius 2 is 1.72 bits per heavy atom. The van der Waals surface area contributed by atoms with Crippen molar-refractivity contribution in [3.05, 3.63) is 70.3 Å². The molecule has 0 amide bonds. The lowest BCUT2D eigenvalue weighted by Crippen LogP contribution is -2.06. The predicted octanol–water partition coefficient (Wildman–Crippen LogP) is 3.66. The van der Waals surface area contributed by atoms with Gasteiger partial charge in [0.05, 0.1) is 0 Å². The van der Waals surface area contributed by atoms with Crippen molar-refractivity contribution in [2.45, 2.75) is 20.0 Å². The number of aliphatic hydroxyl groups is 1. The second-order valence-corrected chi connectivity index (χ2v) is 4.36. The van der Waals surface area contributed by atoms with E-state index >= 15 is 0 Å². The van der Waals surface area contributed by atoms with Gasteiger partial charge in [0, 0.05) is 5.56 Å². The minimum atomic E-state index is -1.15. The molecule has 0 aliphatic rings. The molecule has 0 spiro atoms. The Balaban J connectivity index is 2.51. The number of aliphatic hydroxyl groups excluding tert-OH is 1. The molecule has 1 N–H and O–H groups in total. The summed E-state index contributed by atoms with van der Waals surface area (Å²) in [7, 11) is 0. The predicted molar refractivity (Wildman–Crippen MR) is 66.3 cm³/mol. The fraction of sp³-hybridized carbons (Fsp3) is 0.200. The third-order valence-corrected chi connectivity index (χ3v) is 3.19. The van der Waals surface area contributed by atoms with Crippen molar-refractivity contribution >= 4 is 0 Å². The van der Waals surface area contributed by atoms with Crippen molar-refractivity contribution in [2.75, 3.05) is 0 Å². The highest BCUT2D eigenvalue weighted by Gasteiger charge is 2.18. The monoisotopic (exact) mass is 248 g/mol. The third kappa shape index (κ3) is 2.27. The molecule has 0 bridgehead atoms. The van der Waals surface area contributed by atoms with Gasteiger partial charge in [-0.05, 0) is 48.7 Å². The molecule has 0 aromatic heterocycles. The summed E-state index contributed by atoms with van der Waals surface area (Å²) >= 11 is 0. The van der Waals surface area contributed by atoms with Crippen LogP contribution in [-0.4, -0.2) is 5.11 Å². The SMILES string of the molecule is Cc1cccc(C(O)c2cc(F)ccc2F)c1C. The average Bonchev–Trinajstić information content (AvgIpc) is 2.35. The normalized spacial score (nSPS) is 12.5. The Kier molecular flexibility index (Phi) is 3.43. The Bertz CT molecular complexity index is 577. The quantitative estimate of drug-likeness (QED) is 0.859. The fourth-order valence-electron chi connectivity index (χ4n) is 1.96. The van der Waals surface area contributed by atoms with E-state index in [1.54, 1.807) is 12.1 Å². The van der Waals surface area contributed by atoms with Crippen LogP contribution in [0.4, 0.5) is 8.78 Å². The molecule has 94 valence electrons. The largest absolute Gasteiger partial charge is 0.384 e. The van der Waals surface area contributed by atoms with E-state index in [0.29, 0.717) is 5.56 Å². The van der Waals surface area contributed by atoms with Crippen LogP contribution >= 0.6 is 0 Å². The number of halogens is 2. The lowest BCUT2D eigenvalue weighted by molar-refractivity contribution is 0.213. The zero-order chi connectivity index (χ0) is 13.3. The van der Waals surface area contributed by atoms with Gasteiger partial charge in [-0.3, -0.25) is 0 Å². The Labute approximate surface area is 105 Å². The van der Waals surface area contributed by atoms with Gasteiger partial charge in [-0.1, -0.05) is 18.2 Å². The lowest BCUT2D eigenvalue weighted by atomic mass is 9.94. The molecular formula is C15H14F2O. The van der Waals surface area contributed by atoms with Crippen molar-refractivity contribution in [3.8, 4) is 0 Å². The zero-order valence-corrected chi connectivity index (χ0v) is 10.2. The first-order valence-electron chi connectivity index (χ1n) is 5.70. The van der Waals surface area contributed by atoms with Crippen LogP contribution in [-0.2, 0) is 0 Å². The molecule has 0 heterocycles. The molecule has 0 saturated heterocycles. The van der Waals surface area contributed by atoms with Gasteiger partial charge in [0.2, 0.25) is 0 Å². The van der Waals surface area contributed by atoms with Crippen LogP contribution < -0.4 is 0 Å². The van der Waals surface area contributed by atoms with Crippen LogP contribution in [0.1, 0.15) is 28.4 Å². The van der Waals surface area contributed by atoms with E-state index in [4.69, 9.17) is 0 Å². The molecule has 0 aliphatic heterocycles. The summed E-state index contributed by atoms with van der Waals surface area (Å²) < 4.78 is 26.7. The maximum absolute atomic E-state index is 13.6. The molecule has 18 heavy (non-hydrogen) atoms. The first-order valence-corrected chi connectivity index (χ1v) is 5.70. The molecule has 0 aliphatic carbocycles. The molecule has 2 rings (SSSR count). The van der Waals surface area contributed by atoms with Crippen LogP contribution in [0.5, 0.6) is 0 Å². The molecular weight excluding hydrogens is 234 g/mol. The van der Waals surface area contributed by atoms with Gasteiger partial charge >= 0.3 is 0 Å². The number of aryl methyl sites for hydroxylation is 1. The highest BCUT2D eigenvalue weighted by molar-refractivity contribution is 5.39. The topological polar surface area (TPSA) is 20.2 Å². The van der Waals surface area contributed by atoms with E-state index in [2.05, 4.69) is 0 Å². The van der Waals surface area contributed by atoms with E-state index in [-0.39, 0.29) is 5.56 Å². The standard InChI is InChI=1S/C15H14F2O/c1-9-4-3-5-12(10(9)2)15(18)13-8-11(16)6-7-14(13)17/h3-8,15,18H,1-2H3. The van der Waals surface area contributed by atoms with Gasteiger partial charge in [-0.2, -0.15) is 0 Å². The number of hydrogen-bond acceptors (Lipinski definition) is 1. The van der Waals surface area contributed by atoms with E-state index in [0.717, 1.165) is 29.3 Å². The average molecular weight is 248 g/mol.